The normalized spacial score (nSPS) is 11.8. The molecule has 0 spiro atoms. The molecule has 2 rings (SSSR count). The van der Waals surface area contributed by atoms with Crippen molar-refractivity contribution < 1.29 is 4.92 Å². The zero-order chi connectivity index (χ0) is 20.2. The van der Waals surface area contributed by atoms with Crippen LogP contribution in [-0.2, 0) is 0 Å². The van der Waals surface area contributed by atoms with Crippen LogP contribution in [0.1, 0.15) is 63.5 Å². The maximum Gasteiger partial charge on any atom is 0.300 e. The first kappa shape index (κ1) is 21.7. The Hall–Kier alpha value is -2.62. The lowest BCUT2D eigenvalue weighted by Crippen LogP contribution is -2.27. The smallest absolute Gasteiger partial charge is 0.300 e. The zero-order valence-electron chi connectivity index (χ0n) is 17.1. The standard InChI is InChI=1S/C24H32N2O2/c1-3-5-13-19-25(20-14-6-4-2)23(21-15-9-7-10-16-21)24(26(27)28)22-17-11-8-12-18-22/h7-12,15-18H,3-6,13-14,19-20H2,1-2H3. The predicted molar refractivity (Wildman–Crippen MR) is 117 cm³/mol. The number of hydrogen-bond acceptors (Lipinski definition) is 3. The van der Waals surface area contributed by atoms with Crippen molar-refractivity contribution in [2.75, 3.05) is 13.1 Å². The molecule has 0 atom stereocenters. The van der Waals surface area contributed by atoms with Gasteiger partial charge in [0, 0.05) is 18.7 Å². The fourth-order valence-electron chi connectivity index (χ4n) is 3.43. The first-order valence-corrected chi connectivity index (χ1v) is 10.4. The van der Waals surface area contributed by atoms with E-state index < -0.39 is 0 Å². The van der Waals surface area contributed by atoms with Gasteiger partial charge in [0.15, 0.2) is 0 Å². The summed E-state index contributed by atoms with van der Waals surface area (Å²) < 4.78 is 0. The van der Waals surface area contributed by atoms with Crippen LogP contribution in [0.5, 0.6) is 0 Å². The predicted octanol–water partition coefficient (Wildman–Crippen LogP) is 6.47. The molecular formula is C24H32N2O2. The van der Waals surface area contributed by atoms with Crippen LogP contribution in [0, 0.1) is 10.1 Å². The SMILES string of the molecule is CCCCCN(CCCCC)C(=C(c1ccccc1)[N+](=O)[O-])c1ccccc1. The number of rotatable bonds is 12. The lowest BCUT2D eigenvalue weighted by molar-refractivity contribution is -0.375. The first-order chi connectivity index (χ1) is 13.7. The van der Waals surface area contributed by atoms with Crippen LogP contribution in [0.25, 0.3) is 11.4 Å². The number of nitrogens with zero attached hydrogens (tertiary/aromatic N) is 2. The Labute approximate surface area is 169 Å². The summed E-state index contributed by atoms with van der Waals surface area (Å²) in [7, 11) is 0. The molecule has 2 aromatic rings. The number of hydrogen-bond donors (Lipinski definition) is 0. The maximum absolute atomic E-state index is 12.2. The molecule has 0 aromatic heterocycles. The third-order valence-electron chi connectivity index (χ3n) is 4.88. The monoisotopic (exact) mass is 380 g/mol. The molecule has 0 radical (unpaired) electrons. The summed E-state index contributed by atoms with van der Waals surface area (Å²) in [5, 5.41) is 12.2. The van der Waals surface area contributed by atoms with E-state index in [9.17, 15) is 10.1 Å². The highest BCUT2D eigenvalue weighted by Gasteiger charge is 2.26. The van der Waals surface area contributed by atoms with Gasteiger partial charge in [-0.3, -0.25) is 10.1 Å². The van der Waals surface area contributed by atoms with Crippen LogP contribution in [0.3, 0.4) is 0 Å². The molecule has 0 amide bonds. The van der Waals surface area contributed by atoms with Gasteiger partial charge in [0.05, 0.1) is 10.5 Å². The highest BCUT2D eigenvalue weighted by Crippen LogP contribution is 2.31. The zero-order valence-corrected chi connectivity index (χ0v) is 17.1. The van der Waals surface area contributed by atoms with E-state index >= 15 is 0 Å². The van der Waals surface area contributed by atoms with E-state index in [1.54, 1.807) is 0 Å². The average Bonchev–Trinajstić information content (AvgIpc) is 2.72. The molecule has 0 aliphatic rings. The molecule has 0 saturated heterocycles. The fraction of sp³-hybridized carbons (Fsp3) is 0.417. The summed E-state index contributed by atoms with van der Waals surface area (Å²) in [6, 6.07) is 19.1. The number of nitro groups is 1. The molecule has 0 N–H and O–H groups in total. The van der Waals surface area contributed by atoms with Gasteiger partial charge < -0.3 is 4.90 Å². The van der Waals surface area contributed by atoms with Crippen LogP contribution in [-0.4, -0.2) is 22.9 Å². The molecule has 28 heavy (non-hydrogen) atoms. The molecule has 4 heteroatoms. The van der Waals surface area contributed by atoms with Gasteiger partial charge in [-0.25, -0.2) is 0 Å². The van der Waals surface area contributed by atoms with E-state index in [-0.39, 0.29) is 10.6 Å². The quantitative estimate of drug-likeness (QED) is 0.183. The second-order valence-electron chi connectivity index (χ2n) is 7.09. The van der Waals surface area contributed by atoms with Crippen LogP contribution in [0.2, 0.25) is 0 Å². The molecule has 0 saturated carbocycles. The van der Waals surface area contributed by atoms with Gasteiger partial charge in [-0.15, -0.1) is 0 Å². The van der Waals surface area contributed by atoms with E-state index in [0.29, 0.717) is 5.56 Å². The molecule has 0 bridgehead atoms. The summed E-state index contributed by atoms with van der Waals surface area (Å²) in [5.41, 5.74) is 2.50. The minimum Gasteiger partial charge on any atom is -0.365 e. The third-order valence-corrected chi connectivity index (χ3v) is 4.88. The van der Waals surface area contributed by atoms with Gasteiger partial charge in [-0.1, -0.05) is 88.1 Å². The molecule has 0 aliphatic carbocycles. The minimum atomic E-state index is -0.218. The Morgan fingerprint density at radius 1 is 0.786 bits per heavy atom. The van der Waals surface area contributed by atoms with Crippen LogP contribution in [0.4, 0.5) is 0 Å². The van der Waals surface area contributed by atoms with Crippen molar-refractivity contribution in [1.29, 1.82) is 0 Å². The van der Waals surface area contributed by atoms with Gasteiger partial charge in [0.25, 0.3) is 5.70 Å². The van der Waals surface area contributed by atoms with E-state index in [0.717, 1.165) is 62.9 Å². The Bertz CT molecular complexity index is 732. The average molecular weight is 381 g/mol. The van der Waals surface area contributed by atoms with Crippen molar-refractivity contribution in [3.8, 4) is 0 Å². The molecular weight excluding hydrogens is 348 g/mol. The minimum absolute atomic E-state index is 0.194. The molecule has 0 fully saturated rings. The molecule has 0 aliphatic heterocycles. The molecule has 4 nitrogen and oxygen atoms in total. The Balaban J connectivity index is 2.58. The van der Waals surface area contributed by atoms with Gasteiger partial charge in [-0.2, -0.15) is 0 Å². The third kappa shape index (κ3) is 6.22. The number of benzene rings is 2. The summed E-state index contributed by atoms with van der Waals surface area (Å²) in [5.74, 6) is 0. The Morgan fingerprint density at radius 2 is 1.25 bits per heavy atom. The Kier molecular flexibility index (Phi) is 9.26. The topological polar surface area (TPSA) is 46.4 Å². The summed E-state index contributed by atoms with van der Waals surface area (Å²) in [6.07, 6.45) is 6.61. The lowest BCUT2D eigenvalue weighted by Gasteiger charge is -2.28. The van der Waals surface area contributed by atoms with Crippen molar-refractivity contribution in [3.05, 3.63) is 81.9 Å². The second kappa shape index (κ2) is 12.0. The largest absolute Gasteiger partial charge is 0.365 e. The van der Waals surface area contributed by atoms with Crippen LogP contribution >= 0.6 is 0 Å². The molecule has 2 aromatic carbocycles. The summed E-state index contributed by atoms with van der Waals surface area (Å²) >= 11 is 0. The highest BCUT2D eigenvalue weighted by molar-refractivity contribution is 5.85. The van der Waals surface area contributed by atoms with E-state index in [2.05, 4.69) is 18.7 Å². The van der Waals surface area contributed by atoms with E-state index in [1.807, 2.05) is 60.7 Å². The van der Waals surface area contributed by atoms with E-state index in [1.165, 1.54) is 0 Å². The van der Waals surface area contributed by atoms with Crippen molar-refractivity contribution >= 4 is 11.4 Å². The highest BCUT2D eigenvalue weighted by atomic mass is 16.6. The van der Waals surface area contributed by atoms with E-state index in [4.69, 9.17) is 0 Å². The van der Waals surface area contributed by atoms with Crippen molar-refractivity contribution in [2.24, 2.45) is 0 Å². The van der Waals surface area contributed by atoms with Gasteiger partial charge in [0.2, 0.25) is 0 Å². The van der Waals surface area contributed by atoms with Crippen LogP contribution < -0.4 is 0 Å². The van der Waals surface area contributed by atoms with Crippen LogP contribution in [0.15, 0.2) is 60.7 Å². The molecule has 150 valence electrons. The molecule has 0 unspecified atom stereocenters. The summed E-state index contributed by atoms with van der Waals surface area (Å²) in [6.45, 7) is 6.04. The maximum atomic E-state index is 12.2. The van der Waals surface area contributed by atoms with Gasteiger partial charge >= 0.3 is 0 Å². The van der Waals surface area contributed by atoms with Crippen molar-refractivity contribution in [3.63, 3.8) is 0 Å². The first-order valence-electron chi connectivity index (χ1n) is 10.4. The van der Waals surface area contributed by atoms with Gasteiger partial charge in [-0.05, 0) is 25.0 Å². The van der Waals surface area contributed by atoms with Crippen molar-refractivity contribution in [2.45, 2.75) is 52.4 Å². The Morgan fingerprint density at radius 3 is 1.68 bits per heavy atom. The van der Waals surface area contributed by atoms with Crippen molar-refractivity contribution in [1.82, 2.24) is 4.90 Å². The molecule has 0 heterocycles. The number of unbranched alkanes of at least 4 members (excludes halogenated alkanes) is 4. The lowest BCUT2D eigenvalue weighted by atomic mass is 10.0. The van der Waals surface area contributed by atoms with Gasteiger partial charge in [0.1, 0.15) is 5.70 Å². The second-order valence-corrected chi connectivity index (χ2v) is 7.09. The summed E-state index contributed by atoms with van der Waals surface area (Å²) in [4.78, 5) is 14.2. The fourth-order valence-corrected chi connectivity index (χ4v) is 3.43.